The molecule has 214 valence electrons. The van der Waals surface area contributed by atoms with Gasteiger partial charge in [-0.25, -0.2) is 0 Å². The molecule has 0 saturated carbocycles. The minimum absolute atomic E-state index is 0.187. The number of hydrogen-bond acceptors (Lipinski definition) is 6. The van der Waals surface area contributed by atoms with Crippen LogP contribution in [0.3, 0.4) is 0 Å². The lowest BCUT2D eigenvalue weighted by Gasteiger charge is -2.35. The fourth-order valence-corrected chi connectivity index (χ4v) is 7.26. The molecule has 1 fully saturated rings. The number of thiophene rings is 1. The number of rotatable bonds is 9. The minimum atomic E-state index is -0.863. The van der Waals surface area contributed by atoms with Crippen molar-refractivity contribution in [3.63, 3.8) is 0 Å². The monoisotopic (exact) mass is 571 g/mol. The van der Waals surface area contributed by atoms with Gasteiger partial charge in [0.25, 0.3) is 0 Å². The molecule has 5 rings (SSSR count). The second kappa shape index (κ2) is 12.1. The van der Waals surface area contributed by atoms with Gasteiger partial charge in [0.2, 0.25) is 11.8 Å². The maximum atomic E-state index is 13.5. The van der Waals surface area contributed by atoms with Crippen LogP contribution in [0.5, 0.6) is 5.75 Å². The molecule has 2 aromatic carbocycles. The van der Waals surface area contributed by atoms with Crippen molar-refractivity contribution in [2.45, 2.75) is 52.7 Å². The highest BCUT2D eigenvalue weighted by Gasteiger charge is 2.54. The number of benzene rings is 2. The Bertz CT molecular complexity index is 1470. The number of likely N-dealkylation sites (tertiary alicyclic amines) is 1. The third-order valence-electron chi connectivity index (χ3n) is 8.56. The van der Waals surface area contributed by atoms with E-state index in [9.17, 15) is 24.9 Å². The van der Waals surface area contributed by atoms with Crippen LogP contribution < -0.4 is 0 Å². The predicted octanol–water partition coefficient (Wildman–Crippen LogP) is 5.88. The molecule has 0 radical (unpaired) electrons. The van der Waals surface area contributed by atoms with Crippen LogP contribution in [-0.4, -0.2) is 44.7 Å². The van der Waals surface area contributed by atoms with E-state index in [1.165, 1.54) is 16.2 Å². The standard InChI is InChI=1S/C34H37NO5S/c1-20-16-27-31(34(40)35(33(27)39)18-26-10-7-13-41-26)28(19-36)30(20)29(37)12-11-25(24-8-5-4-6-9-24)17-23-14-21(2)32(38)22(3)15-23/h4-10,13-15,17,27-29,31,36-38H,11-12,16,18-19H2,1-3H3/b25-17-/t27-,28+,29-,31-/m1/s1. The van der Waals surface area contributed by atoms with Gasteiger partial charge < -0.3 is 15.3 Å². The van der Waals surface area contributed by atoms with E-state index in [-0.39, 0.29) is 25.0 Å². The zero-order chi connectivity index (χ0) is 29.3. The summed E-state index contributed by atoms with van der Waals surface area (Å²) in [4.78, 5) is 29.1. The number of phenolic OH excluding ortho intramolecular Hbond substituents is 1. The van der Waals surface area contributed by atoms with Crippen LogP contribution >= 0.6 is 11.3 Å². The van der Waals surface area contributed by atoms with Gasteiger partial charge in [0.1, 0.15) is 5.75 Å². The molecule has 7 heteroatoms. The summed E-state index contributed by atoms with van der Waals surface area (Å²) >= 11 is 1.51. The van der Waals surface area contributed by atoms with E-state index in [1.807, 2.05) is 80.7 Å². The number of aromatic hydroxyl groups is 1. The predicted molar refractivity (Wildman–Crippen MR) is 162 cm³/mol. The molecule has 1 aliphatic carbocycles. The summed E-state index contributed by atoms with van der Waals surface area (Å²) < 4.78 is 0. The van der Waals surface area contributed by atoms with E-state index in [0.717, 1.165) is 38.3 Å². The van der Waals surface area contributed by atoms with Crippen LogP contribution in [0.2, 0.25) is 0 Å². The Balaban J connectivity index is 1.39. The highest BCUT2D eigenvalue weighted by Crippen LogP contribution is 2.46. The number of allylic oxidation sites excluding steroid dienone is 2. The van der Waals surface area contributed by atoms with Crippen LogP contribution in [0, 0.1) is 31.6 Å². The molecular weight excluding hydrogens is 534 g/mol. The lowest BCUT2D eigenvalue weighted by atomic mass is 9.68. The second-order valence-corrected chi connectivity index (χ2v) is 12.3. The van der Waals surface area contributed by atoms with Crippen molar-refractivity contribution >= 4 is 34.8 Å². The maximum Gasteiger partial charge on any atom is 0.234 e. The van der Waals surface area contributed by atoms with Crippen molar-refractivity contribution in [3.8, 4) is 5.75 Å². The molecule has 2 aliphatic rings. The van der Waals surface area contributed by atoms with Crippen LogP contribution in [0.15, 0.2) is 71.1 Å². The SMILES string of the molecule is CC1=C([C@H](O)CC/C(=C/c2cc(C)c(O)c(C)c2)c2ccccc2)[C@H](CO)[C@@H]2C(=O)N(Cc3cccs3)C(=O)[C@@H]2C1. The third-order valence-corrected chi connectivity index (χ3v) is 9.42. The number of carbonyl (C=O) groups is 2. The number of hydrogen-bond donors (Lipinski definition) is 3. The first-order valence-corrected chi connectivity index (χ1v) is 15.0. The summed E-state index contributed by atoms with van der Waals surface area (Å²) in [7, 11) is 0. The molecule has 1 aliphatic heterocycles. The Morgan fingerprint density at radius 1 is 1.05 bits per heavy atom. The van der Waals surface area contributed by atoms with Crippen molar-refractivity contribution in [3.05, 3.63) is 98.3 Å². The van der Waals surface area contributed by atoms with Gasteiger partial charge in [0.15, 0.2) is 0 Å². The van der Waals surface area contributed by atoms with Crippen LogP contribution in [-0.2, 0) is 16.1 Å². The second-order valence-electron chi connectivity index (χ2n) is 11.3. The van der Waals surface area contributed by atoms with Gasteiger partial charge in [-0.3, -0.25) is 14.5 Å². The number of phenols is 1. The van der Waals surface area contributed by atoms with Gasteiger partial charge in [0, 0.05) is 10.8 Å². The average molecular weight is 572 g/mol. The quantitative estimate of drug-likeness (QED) is 0.169. The minimum Gasteiger partial charge on any atom is -0.507 e. The number of fused-ring (bicyclic) bond motifs is 1. The number of imide groups is 1. The Morgan fingerprint density at radius 3 is 2.39 bits per heavy atom. The zero-order valence-corrected chi connectivity index (χ0v) is 24.5. The fourth-order valence-electron chi connectivity index (χ4n) is 6.57. The number of aliphatic hydroxyl groups excluding tert-OH is 2. The molecule has 0 bridgehead atoms. The molecule has 2 heterocycles. The Kier molecular flexibility index (Phi) is 8.59. The Labute approximate surface area is 245 Å². The van der Waals surface area contributed by atoms with Gasteiger partial charge in [-0.2, -0.15) is 0 Å². The van der Waals surface area contributed by atoms with E-state index in [4.69, 9.17) is 0 Å². The normalized spacial score (nSPS) is 21.9. The molecule has 1 aromatic heterocycles. The molecule has 4 atom stereocenters. The molecule has 3 N–H and O–H groups in total. The van der Waals surface area contributed by atoms with Gasteiger partial charge in [-0.05, 0) is 97.0 Å². The van der Waals surface area contributed by atoms with E-state index < -0.39 is 23.9 Å². The maximum absolute atomic E-state index is 13.5. The summed E-state index contributed by atoms with van der Waals surface area (Å²) in [5, 5.41) is 34.2. The summed E-state index contributed by atoms with van der Waals surface area (Å²) in [5.74, 6) is -1.91. The molecule has 3 aromatic rings. The first kappa shape index (κ1) is 29.0. The Morgan fingerprint density at radius 2 is 1.76 bits per heavy atom. The van der Waals surface area contributed by atoms with E-state index in [2.05, 4.69) is 6.08 Å². The number of carbonyl (C=O) groups excluding carboxylic acids is 2. The molecule has 41 heavy (non-hydrogen) atoms. The molecule has 6 nitrogen and oxygen atoms in total. The summed E-state index contributed by atoms with van der Waals surface area (Å²) in [6.07, 6.45) is 2.60. The van der Waals surface area contributed by atoms with Crippen LogP contribution in [0.4, 0.5) is 0 Å². The fraction of sp³-hybridized carbons (Fsp3) is 0.353. The summed E-state index contributed by atoms with van der Waals surface area (Å²) in [6, 6.07) is 17.7. The van der Waals surface area contributed by atoms with Crippen molar-refractivity contribution in [2.75, 3.05) is 6.61 Å². The largest absolute Gasteiger partial charge is 0.507 e. The first-order chi connectivity index (χ1) is 19.7. The van der Waals surface area contributed by atoms with E-state index in [1.54, 1.807) is 0 Å². The number of nitrogens with zero attached hydrogens (tertiary/aromatic N) is 1. The lowest BCUT2D eigenvalue weighted by molar-refractivity contribution is -0.140. The summed E-state index contributed by atoms with van der Waals surface area (Å²) in [6.45, 7) is 5.61. The average Bonchev–Trinajstić information content (AvgIpc) is 3.56. The topological polar surface area (TPSA) is 98.1 Å². The molecule has 0 unspecified atom stereocenters. The zero-order valence-electron chi connectivity index (χ0n) is 23.7. The number of amides is 2. The molecule has 0 spiro atoms. The highest BCUT2D eigenvalue weighted by molar-refractivity contribution is 7.09. The van der Waals surface area contributed by atoms with Gasteiger partial charge in [0.05, 0.1) is 31.1 Å². The smallest absolute Gasteiger partial charge is 0.234 e. The van der Waals surface area contributed by atoms with Crippen LogP contribution in [0.1, 0.15) is 53.3 Å². The summed E-state index contributed by atoms with van der Waals surface area (Å²) in [5.41, 5.74) is 6.22. The number of aryl methyl sites for hydroxylation is 2. The van der Waals surface area contributed by atoms with E-state index >= 15 is 0 Å². The van der Waals surface area contributed by atoms with Crippen molar-refractivity contribution in [2.24, 2.45) is 17.8 Å². The molecule has 2 amide bonds. The highest BCUT2D eigenvalue weighted by atomic mass is 32.1. The molecule has 1 saturated heterocycles. The van der Waals surface area contributed by atoms with E-state index in [0.29, 0.717) is 30.6 Å². The van der Waals surface area contributed by atoms with Gasteiger partial charge in [-0.1, -0.05) is 48.0 Å². The Hall–Kier alpha value is -3.52. The van der Waals surface area contributed by atoms with Gasteiger partial charge >= 0.3 is 0 Å². The number of aliphatic hydroxyl groups is 2. The lowest BCUT2D eigenvalue weighted by Crippen LogP contribution is -2.38. The third kappa shape index (κ3) is 5.80. The molecular formula is C34H37NO5S. The van der Waals surface area contributed by atoms with Gasteiger partial charge in [-0.15, -0.1) is 11.3 Å². The first-order valence-electron chi connectivity index (χ1n) is 14.1. The van der Waals surface area contributed by atoms with Crippen molar-refractivity contribution in [1.29, 1.82) is 0 Å². The van der Waals surface area contributed by atoms with Crippen molar-refractivity contribution in [1.82, 2.24) is 4.90 Å². The van der Waals surface area contributed by atoms with Crippen LogP contribution in [0.25, 0.3) is 11.6 Å². The van der Waals surface area contributed by atoms with Crippen molar-refractivity contribution < 1.29 is 24.9 Å².